The molecule has 5 atom stereocenters. The summed E-state index contributed by atoms with van der Waals surface area (Å²) >= 11 is 0. The molecule has 0 amide bonds. The van der Waals surface area contributed by atoms with Gasteiger partial charge in [0.05, 0.1) is 0 Å². The van der Waals surface area contributed by atoms with E-state index in [1.807, 2.05) is 12.2 Å². The van der Waals surface area contributed by atoms with Crippen LogP contribution in [0.3, 0.4) is 0 Å². The quantitative estimate of drug-likeness (QED) is 0.624. The molecule has 0 aromatic carbocycles. The van der Waals surface area contributed by atoms with Crippen LogP contribution in [0, 0.1) is 28.6 Å². The minimum atomic E-state index is 0.181. The van der Waals surface area contributed by atoms with E-state index in [0.29, 0.717) is 5.41 Å². The fourth-order valence-electron chi connectivity index (χ4n) is 6.19. The van der Waals surface area contributed by atoms with Crippen molar-refractivity contribution >= 4 is 5.78 Å². The molecular formula is C19H26O. The molecule has 4 rings (SSSR count). The Balaban J connectivity index is 1.71. The van der Waals surface area contributed by atoms with Crippen molar-refractivity contribution in [1.29, 1.82) is 0 Å². The van der Waals surface area contributed by atoms with Crippen LogP contribution in [-0.2, 0) is 4.79 Å². The molecule has 3 saturated carbocycles. The third kappa shape index (κ3) is 1.58. The number of fused-ring (bicyclic) bond motifs is 5. The van der Waals surface area contributed by atoms with Gasteiger partial charge in [0.25, 0.3) is 0 Å². The third-order valence-corrected chi connectivity index (χ3v) is 7.34. The van der Waals surface area contributed by atoms with Gasteiger partial charge in [0.1, 0.15) is 0 Å². The van der Waals surface area contributed by atoms with Crippen molar-refractivity contribution in [2.24, 2.45) is 28.6 Å². The third-order valence-electron chi connectivity index (χ3n) is 7.34. The highest BCUT2D eigenvalue weighted by Gasteiger charge is 2.55. The highest BCUT2D eigenvalue weighted by Crippen LogP contribution is 2.64. The number of carbonyl (C=O) groups excluding carboxylic acids is 1. The van der Waals surface area contributed by atoms with Gasteiger partial charge in [0.15, 0.2) is 5.78 Å². The van der Waals surface area contributed by atoms with Crippen LogP contribution >= 0.6 is 0 Å². The molecule has 3 fully saturated rings. The number of hydrogen-bond donors (Lipinski definition) is 0. The molecule has 0 unspecified atom stereocenters. The molecule has 4 aliphatic carbocycles. The van der Waals surface area contributed by atoms with Gasteiger partial charge in [-0.1, -0.05) is 31.9 Å². The van der Waals surface area contributed by atoms with Gasteiger partial charge < -0.3 is 0 Å². The molecule has 0 aromatic rings. The van der Waals surface area contributed by atoms with Gasteiger partial charge in [-0.15, -0.1) is 0 Å². The van der Waals surface area contributed by atoms with Crippen LogP contribution in [0.1, 0.15) is 58.8 Å². The minimum Gasteiger partial charge on any atom is -0.290 e. The zero-order valence-corrected chi connectivity index (χ0v) is 12.8. The summed E-state index contributed by atoms with van der Waals surface area (Å²) in [6.07, 6.45) is 15.6. The van der Waals surface area contributed by atoms with Gasteiger partial charge in [-0.25, -0.2) is 0 Å². The predicted molar refractivity (Wildman–Crippen MR) is 81.2 cm³/mol. The first-order valence-corrected chi connectivity index (χ1v) is 8.47. The maximum atomic E-state index is 11.7. The van der Waals surface area contributed by atoms with E-state index in [4.69, 9.17) is 0 Å². The Bertz CT molecular complexity index is 514. The van der Waals surface area contributed by atoms with Crippen molar-refractivity contribution in [1.82, 2.24) is 0 Å². The smallest absolute Gasteiger partial charge is 0.178 e. The van der Waals surface area contributed by atoms with Crippen molar-refractivity contribution in [3.63, 3.8) is 0 Å². The molecule has 0 N–H and O–H groups in total. The Hall–Kier alpha value is -0.850. The van der Waals surface area contributed by atoms with Crippen LogP contribution in [0.15, 0.2) is 23.8 Å². The van der Waals surface area contributed by atoms with Gasteiger partial charge in [0.2, 0.25) is 0 Å². The lowest BCUT2D eigenvalue weighted by molar-refractivity contribution is -0.111. The van der Waals surface area contributed by atoms with E-state index in [1.54, 1.807) is 0 Å². The summed E-state index contributed by atoms with van der Waals surface area (Å²) in [4.78, 5) is 11.7. The lowest BCUT2D eigenvalue weighted by Gasteiger charge is -2.56. The largest absolute Gasteiger partial charge is 0.290 e. The van der Waals surface area contributed by atoms with E-state index in [9.17, 15) is 4.79 Å². The van der Waals surface area contributed by atoms with Crippen molar-refractivity contribution in [2.45, 2.75) is 58.8 Å². The highest BCUT2D eigenvalue weighted by molar-refractivity contribution is 6.01. The Labute approximate surface area is 122 Å². The van der Waals surface area contributed by atoms with Crippen molar-refractivity contribution in [2.75, 3.05) is 0 Å². The Morgan fingerprint density at radius 1 is 1.10 bits per heavy atom. The monoisotopic (exact) mass is 270 g/mol. The number of ketones is 1. The van der Waals surface area contributed by atoms with E-state index < -0.39 is 0 Å². The van der Waals surface area contributed by atoms with Gasteiger partial charge in [-0.05, 0) is 73.8 Å². The fraction of sp³-hybridized carbons (Fsp3) is 0.737. The molecule has 0 spiro atoms. The standard InChI is InChI=1S/C19H26O/c1-18-9-3-4-16(18)15-6-5-13-12-14(20)7-11-19(13,2)17(15)8-10-18/h7,11-12,15-17H,3-6,8-10H2,1-2H3/t15-,16-,17-,18-,19+/m0/s1. The molecule has 1 nitrogen and oxygen atoms in total. The first-order chi connectivity index (χ1) is 9.53. The van der Waals surface area contributed by atoms with Gasteiger partial charge in [-0.2, -0.15) is 0 Å². The normalized spacial score (nSPS) is 50.2. The molecule has 0 saturated heterocycles. The highest BCUT2D eigenvalue weighted by atomic mass is 16.1. The molecule has 0 heterocycles. The molecule has 20 heavy (non-hydrogen) atoms. The van der Waals surface area contributed by atoms with Crippen LogP contribution in [-0.4, -0.2) is 5.78 Å². The number of hydrogen-bond acceptors (Lipinski definition) is 1. The number of rotatable bonds is 0. The van der Waals surface area contributed by atoms with Crippen LogP contribution < -0.4 is 0 Å². The lowest BCUT2D eigenvalue weighted by atomic mass is 9.48. The summed E-state index contributed by atoms with van der Waals surface area (Å²) in [5.74, 6) is 2.84. The summed E-state index contributed by atoms with van der Waals surface area (Å²) in [5, 5.41) is 0. The van der Waals surface area contributed by atoms with Crippen LogP contribution in [0.5, 0.6) is 0 Å². The molecule has 0 radical (unpaired) electrons. The maximum Gasteiger partial charge on any atom is 0.178 e. The molecule has 1 heteroatoms. The Morgan fingerprint density at radius 2 is 1.95 bits per heavy atom. The van der Waals surface area contributed by atoms with Crippen molar-refractivity contribution < 1.29 is 4.79 Å². The van der Waals surface area contributed by atoms with E-state index in [1.165, 1.54) is 44.1 Å². The van der Waals surface area contributed by atoms with Gasteiger partial charge in [-0.3, -0.25) is 4.79 Å². The zero-order valence-electron chi connectivity index (χ0n) is 12.8. The second-order valence-electron chi connectivity index (χ2n) is 8.19. The summed E-state index contributed by atoms with van der Waals surface area (Å²) in [6, 6.07) is 0. The SMILES string of the molecule is C[C@@]12CCC[C@H]1[C@@H]1CCC3=CC(=O)C=C[C@@]3(C)[C@H]1CC2. The topological polar surface area (TPSA) is 17.1 Å². The molecule has 0 aliphatic heterocycles. The van der Waals surface area contributed by atoms with Crippen LogP contribution in [0.4, 0.5) is 0 Å². The average molecular weight is 270 g/mol. The van der Waals surface area contributed by atoms with Gasteiger partial charge >= 0.3 is 0 Å². The molecular weight excluding hydrogens is 244 g/mol. The number of allylic oxidation sites excluding steroid dienone is 4. The van der Waals surface area contributed by atoms with Gasteiger partial charge in [0, 0.05) is 5.41 Å². The second-order valence-corrected chi connectivity index (χ2v) is 8.19. The second kappa shape index (κ2) is 4.08. The first-order valence-electron chi connectivity index (χ1n) is 8.47. The van der Waals surface area contributed by atoms with Crippen LogP contribution in [0.2, 0.25) is 0 Å². The number of carbonyl (C=O) groups is 1. The first kappa shape index (κ1) is 12.9. The minimum absolute atomic E-state index is 0.181. The average Bonchev–Trinajstić information content (AvgIpc) is 2.81. The van der Waals surface area contributed by atoms with E-state index in [2.05, 4.69) is 19.9 Å². The van der Waals surface area contributed by atoms with E-state index in [0.717, 1.165) is 24.2 Å². The summed E-state index contributed by atoms with van der Waals surface area (Å²) in [7, 11) is 0. The van der Waals surface area contributed by atoms with E-state index >= 15 is 0 Å². The summed E-state index contributed by atoms with van der Waals surface area (Å²) < 4.78 is 0. The van der Waals surface area contributed by atoms with E-state index in [-0.39, 0.29) is 11.2 Å². The maximum absolute atomic E-state index is 11.7. The zero-order chi connectivity index (χ0) is 14.0. The molecule has 0 aromatic heterocycles. The van der Waals surface area contributed by atoms with Crippen LogP contribution in [0.25, 0.3) is 0 Å². The molecule has 4 aliphatic rings. The van der Waals surface area contributed by atoms with Crippen molar-refractivity contribution in [3.05, 3.63) is 23.8 Å². The Morgan fingerprint density at radius 3 is 2.80 bits per heavy atom. The van der Waals surface area contributed by atoms with Crippen molar-refractivity contribution in [3.8, 4) is 0 Å². The molecule has 0 bridgehead atoms. The summed E-state index contributed by atoms with van der Waals surface area (Å²) in [6.45, 7) is 4.95. The Kier molecular flexibility index (Phi) is 2.63. The summed E-state index contributed by atoms with van der Waals surface area (Å²) in [5.41, 5.74) is 2.24. The predicted octanol–water partition coefficient (Wildman–Crippen LogP) is 4.68. The fourth-order valence-corrected chi connectivity index (χ4v) is 6.19. The lowest BCUT2D eigenvalue weighted by Crippen LogP contribution is -2.48. The molecule has 108 valence electrons.